The van der Waals surface area contributed by atoms with Crippen molar-refractivity contribution in [1.82, 2.24) is 9.80 Å². The third-order valence-electron chi connectivity index (χ3n) is 5.56. The van der Waals surface area contributed by atoms with Crippen molar-refractivity contribution in [1.29, 1.82) is 0 Å². The number of carbonyl (C=O) groups excluding carboxylic acids is 2. The summed E-state index contributed by atoms with van der Waals surface area (Å²) in [5.74, 6) is 0.432. The highest BCUT2D eigenvalue weighted by molar-refractivity contribution is 7.10. The van der Waals surface area contributed by atoms with E-state index in [1.165, 1.54) is 24.1 Å². The first kappa shape index (κ1) is 26.7. The highest BCUT2D eigenvalue weighted by Crippen LogP contribution is 2.29. The minimum Gasteiger partial charge on any atom is -0.497 e. The molecule has 2 aromatic carbocycles. The third-order valence-corrected chi connectivity index (χ3v) is 6.56. The number of hydrogen-bond acceptors (Lipinski definition) is 5. The number of rotatable bonds is 11. The van der Waals surface area contributed by atoms with Crippen molar-refractivity contribution < 1.29 is 23.5 Å². The van der Waals surface area contributed by atoms with Gasteiger partial charge in [-0.25, -0.2) is 9.18 Å². The molecule has 36 heavy (non-hydrogen) atoms. The Morgan fingerprint density at radius 2 is 1.81 bits per heavy atom. The first-order valence-electron chi connectivity index (χ1n) is 11.3. The molecular weight excluding hydrogens is 481 g/mol. The summed E-state index contributed by atoms with van der Waals surface area (Å²) < 4.78 is 24.0. The molecule has 3 rings (SSSR count). The van der Waals surface area contributed by atoms with Gasteiger partial charge in [0.05, 0.1) is 26.5 Å². The first-order valence-corrected chi connectivity index (χ1v) is 12.2. The topological polar surface area (TPSA) is 71.1 Å². The van der Waals surface area contributed by atoms with Crippen LogP contribution in [0.1, 0.15) is 16.0 Å². The average molecular weight is 512 g/mol. The van der Waals surface area contributed by atoms with Gasteiger partial charge in [0, 0.05) is 24.0 Å². The van der Waals surface area contributed by atoms with Crippen LogP contribution < -0.4 is 14.8 Å². The number of amides is 3. The number of nitrogens with zero attached hydrogens (tertiary/aromatic N) is 2. The molecular formula is C27H30FN3O4S. The monoisotopic (exact) mass is 511 g/mol. The van der Waals surface area contributed by atoms with E-state index in [2.05, 4.69) is 11.9 Å². The number of methoxy groups -OCH3 is 2. The zero-order chi connectivity index (χ0) is 26.1. The summed E-state index contributed by atoms with van der Waals surface area (Å²) in [7, 11) is 3.04. The molecule has 0 fully saturated rings. The lowest BCUT2D eigenvalue weighted by Crippen LogP contribution is -2.44. The van der Waals surface area contributed by atoms with Crippen molar-refractivity contribution in [2.45, 2.75) is 20.0 Å². The maximum Gasteiger partial charge on any atom is 0.322 e. The van der Waals surface area contributed by atoms with Crippen molar-refractivity contribution in [2.24, 2.45) is 0 Å². The number of ether oxygens (including phenoxy) is 2. The molecule has 0 aliphatic rings. The zero-order valence-electron chi connectivity index (χ0n) is 20.6. The number of aryl methyl sites for hydroxylation is 1. The molecule has 1 aromatic heterocycles. The average Bonchev–Trinajstić information content (AvgIpc) is 3.28. The lowest BCUT2D eigenvalue weighted by atomic mass is 10.2. The number of thiophene rings is 1. The fourth-order valence-electron chi connectivity index (χ4n) is 3.52. The van der Waals surface area contributed by atoms with E-state index in [0.717, 1.165) is 16.0 Å². The van der Waals surface area contributed by atoms with Crippen LogP contribution in [-0.4, -0.2) is 49.0 Å². The van der Waals surface area contributed by atoms with Crippen LogP contribution in [0, 0.1) is 12.7 Å². The molecule has 0 radical (unpaired) electrons. The predicted molar refractivity (Wildman–Crippen MR) is 140 cm³/mol. The Labute approximate surface area is 214 Å². The minimum atomic E-state index is -0.472. The van der Waals surface area contributed by atoms with Gasteiger partial charge in [0.2, 0.25) is 5.91 Å². The lowest BCUT2D eigenvalue weighted by molar-refractivity contribution is -0.132. The van der Waals surface area contributed by atoms with Crippen LogP contribution in [0.4, 0.5) is 14.9 Å². The van der Waals surface area contributed by atoms with E-state index in [1.54, 1.807) is 59.8 Å². The number of halogens is 1. The number of hydrogen-bond donors (Lipinski definition) is 1. The predicted octanol–water partition coefficient (Wildman–Crippen LogP) is 5.46. The van der Waals surface area contributed by atoms with Crippen LogP contribution in [0.2, 0.25) is 0 Å². The largest absolute Gasteiger partial charge is 0.497 e. The van der Waals surface area contributed by atoms with E-state index in [-0.39, 0.29) is 31.4 Å². The summed E-state index contributed by atoms with van der Waals surface area (Å²) in [5, 5.41) is 4.78. The van der Waals surface area contributed by atoms with Crippen molar-refractivity contribution >= 4 is 29.0 Å². The number of anilines is 1. The molecule has 0 aliphatic carbocycles. The summed E-state index contributed by atoms with van der Waals surface area (Å²) in [6.45, 7) is 6.39. The second-order valence-electron chi connectivity index (χ2n) is 8.07. The second-order valence-corrected chi connectivity index (χ2v) is 9.07. The molecule has 1 N–H and O–H groups in total. The van der Waals surface area contributed by atoms with E-state index in [4.69, 9.17) is 9.47 Å². The van der Waals surface area contributed by atoms with Crippen molar-refractivity contribution in [2.75, 3.05) is 32.6 Å². The first-order chi connectivity index (χ1) is 17.3. The maximum absolute atomic E-state index is 13.5. The van der Waals surface area contributed by atoms with Crippen molar-refractivity contribution in [3.63, 3.8) is 0 Å². The van der Waals surface area contributed by atoms with Gasteiger partial charge in [0.25, 0.3) is 0 Å². The standard InChI is InChI=1S/C27H30FN3O4S/c1-5-13-30(27(33)29-23-11-10-22(34-3)15-24(23)35-4)18-26(32)31(17-25-19(2)12-14-36-25)16-20-6-8-21(28)9-7-20/h5-12,14-15H,1,13,16-18H2,2-4H3,(H,29,33). The van der Waals surface area contributed by atoms with E-state index in [0.29, 0.717) is 23.7 Å². The molecule has 9 heteroatoms. The molecule has 0 unspecified atom stereocenters. The Bertz CT molecular complexity index is 1200. The van der Waals surface area contributed by atoms with Crippen LogP contribution in [0.25, 0.3) is 0 Å². The zero-order valence-corrected chi connectivity index (χ0v) is 21.4. The lowest BCUT2D eigenvalue weighted by Gasteiger charge is -2.27. The smallest absolute Gasteiger partial charge is 0.322 e. The van der Waals surface area contributed by atoms with Gasteiger partial charge in [-0.1, -0.05) is 18.2 Å². The molecule has 0 saturated heterocycles. The number of nitrogens with one attached hydrogen (secondary N) is 1. The number of carbonyl (C=O) groups is 2. The number of urea groups is 1. The summed E-state index contributed by atoms with van der Waals surface area (Å²) in [4.78, 5) is 30.7. The normalized spacial score (nSPS) is 10.4. The minimum absolute atomic E-state index is 0.165. The summed E-state index contributed by atoms with van der Waals surface area (Å²) in [6.07, 6.45) is 1.56. The fraction of sp³-hybridized carbons (Fsp3) is 0.259. The van der Waals surface area contributed by atoms with Gasteiger partial charge in [-0.3, -0.25) is 4.79 Å². The summed E-state index contributed by atoms with van der Waals surface area (Å²) in [6, 6.07) is 12.6. The molecule has 3 amide bonds. The fourth-order valence-corrected chi connectivity index (χ4v) is 4.44. The van der Waals surface area contributed by atoms with E-state index in [9.17, 15) is 14.0 Å². The highest BCUT2D eigenvalue weighted by Gasteiger charge is 2.23. The van der Waals surface area contributed by atoms with Crippen LogP contribution in [-0.2, 0) is 17.9 Å². The third kappa shape index (κ3) is 7.08. The van der Waals surface area contributed by atoms with Crippen molar-refractivity contribution in [3.8, 4) is 11.5 Å². The van der Waals surface area contributed by atoms with E-state index in [1.807, 2.05) is 18.4 Å². The number of benzene rings is 2. The quantitative estimate of drug-likeness (QED) is 0.347. The Morgan fingerprint density at radius 3 is 2.42 bits per heavy atom. The molecule has 0 atom stereocenters. The van der Waals surface area contributed by atoms with Crippen molar-refractivity contribution in [3.05, 3.63) is 88.4 Å². The van der Waals surface area contributed by atoms with Crippen LogP contribution in [0.15, 0.2) is 66.6 Å². The van der Waals surface area contributed by atoms with Crippen LogP contribution >= 0.6 is 11.3 Å². The Kier molecular flexibility index (Phi) is 9.46. The van der Waals surface area contributed by atoms with Gasteiger partial charge < -0.3 is 24.6 Å². The Morgan fingerprint density at radius 1 is 1.06 bits per heavy atom. The van der Waals surface area contributed by atoms with Gasteiger partial charge in [-0.2, -0.15) is 0 Å². The molecule has 7 nitrogen and oxygen atoms in total. The van der Waals surface area contributed by atoms with Gasteiger partial charge in [0.1, 0.15) is 23.9 Å². The van der Waals surface area contributed by atoms with Crippen LogP contribution in [0.5, 0.6) is 11.5 Å². The summed E-state index contributed by atoms with van der Waals surface area (Å²) >= 11 is 1.57. The maximum atomic E-state index is 13.5. The van der Waals surface area contributed by atoms with Crippen LogP contribution in [0.3, 0.4) is 0 Å². The van der Waals surface area contributed by atoms with Gasteiger partial charge in [-0.05, 0) is 53.8 Å². The van der Waals surface area contributed by atoms with Gasteiger partial charge >= 0.3 is 6.03 Å². The van der Waals surface area contributed by atoms with E-state index < -0.39 is 6.03 Å². The van der Waals surface area contributed by atoms with E-state index >= 15 is 0 Å². The Hall–Kier alpha value is -3.85. The summed E-state index contributed by atoms with van der Waals surface area (Å²) in [5.41, 5.74) is 2.33. The highest BCUT2D eigenvalue weighted by atomic mass is 32.1. The second kappa shape index (κ2) is 12.7. The molecule has 190 valence electrons. The molecule has 1 heterocycles. The molecule has 0 aliphatic heterocycles. The molecule has 0 saturated carbocycles. The van der Waals surface area contributed by atoms with Gasteiger partial charge in [0.15, 0.2) is 0 Å². The van der Waals surface area contributed by atoms with Gasteiger partial charge in [-0.15, -0.1) is 17.9 Å². The molecule has 0 bridgehead atoms. The Balaban J connectivity index is 1.78. The molecule has 3 aromatic rings. The SMILES string of the molecule is C=CCN(CC(=O)N(Cc1ccc(F)cc1)Cc1sccc1C)C(=O)Nc1ccc(OC)cc1OC. The molecule has 0 spiro atoms.